The lowest BCUT2D eigenvalue weighted by atomic mass is 10.1. The lowest BCUT2D eigenvalue weighted by molar-refractivity contribution is -0.128. The number of aromatic nitrogens is 2. The molecule has 6 heteroatoms. The van der Waals surface area contributed by atoms with Crippen LogP contribution in [0, 0.1) is 6.92 Å². The van der Waals surface area contributed by atoms with Crippen LogP contribution in [0.15, 0.2) is 53.1 Å². The third-order valence-electron chi connectivity index (χ3n) is 4.55. The number of hydrogen-bond acceptors (Lipinski definition) is 4. The number of benzene rings is 2. The molecule has 1 unspecified atom stereocenters. The molecule has 0 saturated carbocycles. The van der Waals surface area contributed by atoms with E-state index in [1.807, 2.05) is 29.2 Å². The molecule has 0 radical (unpaired) electrons. The van der Waals surface area contributed by atoms with E-state index in [-0.39, 0.29) is 11.8 Å². The molecule has 2 aromatic carbocycles. The number of halogens is 1. The number of nitrogens with zero attached hydrogens (tertiary/aromatic N) is 3. The van der Waals surface area contributed by atoms with Gasteiger partial charge in [-0.1, -0.05) is 52.7 Å². The average molecular weight is 368 g/mol. The van der Waals surface area contributed by atoms with E-state index in [1.54, 1.807) is 12.1 Å². The molecular weight excluding hydrogens is 350 g/mol. The highest BCUT2D eigenvalue weighted by atomic mass is 35.5. The maximum absolute atomic E-state index is 12.4. The van der Waals surface area contributed by atoms with Gasteiger partial charge in [0.2, 0.25) is 5.91 Å². The first kappa shape index (κ1) is 16.8. The summed E-state index contributed by atoms with van der Waals surface area (Å²) in [4.78, 5) is 18.7. The fraction of sp³-hybridized carbons (Fsp3) is 0.250. The highest BCUT2D eigenvalue weighted by molar-refractivity contribution is 6.30. The Kier molecular flexibility index (Phi) is 4.47. The first-order chi connectivity index (χ1) is 12.6. The zero-order valence-corrected chi connectivity index (χ0v) is 15.1. The topological polar surface area (TPSA) is 59.2 Å². The van der Waals surface area contributed by atoms with Crippen LogP contribution < -0.4 is 0 Å². The fourth-order valence-electron chi connectivity index (χ4n) is 3.27. The van der Waals surface area contributed by atoms with Crippen molar-refractivity contribution in [1.29, 1.82) is 0 Å². The molecule has 1 aliphatic heterocycles. The van der Waals surface area contributed by atoms with Crippen LogP contribution in [0.4, 0.5) is 0 Å². The zero-order chi connectivity index (χ0) is 18.1. The summed E-state index contributed by atoms with van der Waals surface area (Å²) in [5.74, 6) is 1.06. The van der Waals surface area contributed by atoms with Crippen molar-refractivity contribution in [3.8, 4) is 11.5 Å². The maximum atomic E-state index is 12.4. The van der Waals surface area contributed by atoms with Crippen molar-refractivity contribution in [2.24, 2.45) is 0 Å². The lowest BCUT2D eigenvalue weighted by Gasteiger charge is -2.16. The smallest absolute Gasteiger partial charge is 0.257 e. The number of carbonyl (C=O) groups is 1. The summed E-state index contributed by atoms with van der Waals surface area (Å²) in [6.45, 7) is 3.26. The molecule has 1 aromatic heterocycles. The SMILES string of the molecule is Cc1cccc(CN2CC(c3noc(-c4cccc(Cl)c4)n3)CC2=O)c1. The van der Waals surface area contributed by atoms with Gasteiger partial charge in [-0.05, 0) is 30.7 Å². The van der Waals surface area contributed by atoms with Crippen LogP contribution in [0.25, 0.3) is 11.5 Å². The average Bonchev–Trinajstić information content (AvgIpc) is 3.23. The summed E-state index contributed by atoms with van der Waals surface area (Å²) >= 11 is 6.01. The summed E-state index contributed by atoms with van der Waals surface area (Å²) < 4.78 is 5.37. The van der Waals surface area contributed by atoms with E-state index in [2.05, 4.69) is 29.2 Å². The van der Waals surface area contributed by atoms with Crippen LogP contribution in [0.5, 0.6) is 0 Å². The van der Waals surface area contributed by atoms with Crippen LogP contribution in [-0.4, -0.2) is 27.5 Å². The van der Waals surface area contributed by atoms with E-state index >= 15 is 0 Å². The summed E-state index contributed by atoms with van der Waals surface area (Å²) in [7, 11) is 0. The van der Waals surface area contributed by atoms with Gasteiger partial charge in [-0.3, -0.25) is 4.79 Å². The highest BCUT2D eigenvalue weighted by Gasteiger charge is 2.33. The molecule has 0 spiro atoms. The maximum Gasteiger partial charge on any atom is 0.257 e. The van der Waals surface area contributed by atoms with Gasteiger partial charge < -0.3 is 9.42 Å². The van der Waals surface area contributed by atoms with E-state index in [0.717, 1.165) is 11.1 Å². The number of rotatable bonds is 4. The van der Waals surface area contributed by atoms with E-state index in [0.29, 0.717) is 36.2 Å². The Balaban J connectivity index is 1.49. The van der Waals surface area contributed by atoms with Gasteiger partial charge >= 0.3 is 0 Å². The van der Waals surface area contributed by atoms with Gasteiger partial charge in [0.1, 0.15) is 0 Å². The van der Waals surface area contributed by atoms with Crippen LogP contribution >= 0.6 is 11.6 Å². The standard InChI is InChI=1S/C20H18ClN3O2/c1-13-4-2-5-14(8-13)11-24-12-16(10-18(24)25)19-22-20(26-23-19)15-6-3-7-17(21)9-15/h2-9,16H,10-12H2,1H3. The Bertz CT molecular complexity index is 953. The molecule has 1 saturated heterocycles. The van der Waals surface area contributed by atoms with Gasteiger partial charge in [-0.15, -0.1) is 0 Å². The van der Waals surface area contributed by atoms with Crippen molar-refractivity contribution in [2.75, 3.05) is 6.54 Å². The highest BCUT2D eigenvalue weighted by Crippen LogP contribution is 2.29. The van der Waals surface area contributed by atoms with E-state index in [9.17, 15) is 4.79 Å². The number of carbonyl (C=O) groups excluding carboxylic acids is 1. The monoisotopic (exact) mass is 367 g/mol. The van der Waals surface area contributed by atoms with Crippen molar-refractivity contribution >= 4 is 17.5 Å². The summed E-state index contributed by atoms with van der Waals surface area (Å²) in [6.07, 6.45) is 0.403. The van der Waals surface area contributed by atoms with E-state index in [4.69, 9.17) is 16.1 Å². The molecular formula is C20H18ClN3O2. The molecule has 1 amide bonds. The zero-order valence-electron chi connectivity index (χ0n) is 14.4. The Morgan fingerprint density at radius 1 is 1.23 bits per heavy atom. The van der Waals surface area contributed by atoms with Gasteiger partial charge in [-0.25, -0.2) is 0 Å². The van der Waals surface area contributed by atoms with Crippen molar-refractivity contribution < 1.29 is 9.32 Å². The lowest BCUT2D eigenvalue weighted by Crippen LogP contribution is -2.24. The second kappa shape index (κ2) is 6.92. The minimum atomic E-state index is -0.0519. The van der Waals surface area contributed by atoms with Gasteiger partial charge in [0.25, 0.3) is 5.89 Å². The van der Waals surface area contributed by atoms with E-state index < -0.39 is 0 Å². The van der Waals surface area contributed by atoms with Crippen molar-refractivity contribution in [1.82, 2.24) is 15.0 Å². The molecule has 4 rings (SSSR count). The van der Waals surface area contributed by atoms with E-state index in [1.165, 1.54) is 5.56 Å². The molecule has 2 heterocycles. The molecule has 5 nitrogen and oxygen atoms in total. The van der Waals surface area contributed by atoms with Crippen molar-refractivity contribution in [3.05, 3.63) is 70.5 Å². The fourth-order valence-corrected chi connectivity index (χ4v) is 3.46. The number of hydrogen-bond donors (Lipinski definition) is 0. The Labute approximate surface area is 156 Å². The molecule has 0 aliphatic carbocycles. The minimum absolute atomic E-state index is 0.0519. The van der Waals surface area contributed by atoms with Crippen molar-refractivity contribution in [3.63, 3.8) is 0 Å². The number of likely N-dealkylation sites (tertiary alicyclic amines) is 1. The third-order valence-corrected chi connectivity index (χ3v) is 4.78. The van der Waals surface area contributed by atoms with Crippen LogP contribution in [-0.2, 0) is 11.3 Å². The molecule has 0 bridgehead atoms. The predicted octanol–water partition coefficient (Wildman–Crippen LogP) is 4.21. The summed E-state index contributed by atoms with van der Waals surface area (Å²) in [6, 6.07) is 15.5. The number of aryl methyl sites for hydroxylation is 1. The molecule has 26 heavy (non-hydrogen) atoms. The minimum Gasteiger partial charge on any atom is -0.338 e. The second-order valence-corrected chi connectivity index (χ2v) is 7.07. The van der Waals surface area contributed by atoms with Gasteiger partial charge in [0.05, 0.1) is 0 Å². The van der Waals surface area contributed by atoms with Crippen molar-refractivity contribution in [2.45, 2.75) is 25.8 Å². The van der Waals surface area contributed by atoms with Crippen LogP contribution in [0.1, 0.15) is 29.3 Å². The van der Waals surface area contributed by atoms with Crippen LogP contribution in [0.2, 0.25) is 5.02 Å². The molecule has 1 fully saturated rings. The quantitative estimate of drug-likeness (QED) is 0.693. The molecule has 0 N–H and O–H groups in total. The Morgan fingerprint density at radius 2 is 2.08 bits per heavy atom. The normalized spacial score (nSPS) is 17.1. The largest absolute Gasteiger partial charge is 0.338 e. The Hall–Kier alpha value is -2.66. The molecule has 132 valence electrons. The molecule has 1 aliphatic rings. The predicted molar refractivity (Wildman–Crippen MR) is 98.7 cm³/mol. The Morgan fingerprint density at radius 3 is 2.88 bits per heavy atom. The first-order valence-corrected chi connectivity index (χ1v) is 8.89. The number of amides is 1. The van der Waals surface area contributed by atoms with Gasteiger partial charge in [0.15, 0.2) is 5.82 Å². The first-order valence-electron chi connectivity index (χ1n) is 8.51. The molecule has 3 aromatic rings. The summed E-state index contributed by atoms with van der Waals surface area (Å²) in [5, 5.41) is 4.70. The second-order valence-electron chi connectivity index (χ2n) is 6.63. The molecule has 1 atom stereocenters. The summed E-state index contributed by atoms with van der Waals surface area (Å²) in [5.41, 5.74) is 3.10. The van der Waals surface area contributed by atoms with Crippen LogP contribution in [0.3, 0.4) is 0 Å². The van der Waals surface area contributed by atoms with Gasteiger partial charge in [0, 0.05) is 36.0 Å². The third kappa shape index (κ3) is 3.48. The van der Waals surface area contributed by atoms with Gasteiger partial charge in [-0.2, -0.15) is 4.98 Å².